The lowest BCUT2D eigenvalue weighted by molar-refractivity contribution is -0.543. The number of amides is 1. The molecule has 1 heterocycles. The lowest BCUT2D eigenvalue weighted by atomic mass is 9.86. The molecule has 1 fully saturated rings. The lowest BCUT2D eigenvalue weighted by Gasteiger charge is -2.49. The maximum atomic E-state index is 11.0. The number of hydrogen-bond acceptors (Lipinski definition) is 6. The highest BCUT2D eigenvalue weighted by molar-refractivity contribution is 8.12. The average molecular weight is 274 g/mol. The summed E-state index contributed by atoms with van der Waals surface area (Å²) in [4.78, 5) is 20.6. The van der Waals surface area contributed by atoms with Crippen molar-refractivity contribution < 1.29 is 27.7 Å². The summed E-state index contributed by atoms with van der Waals surface area (Å²) >= 11 is 0. The first kappa shape index (κ1) is 13.5. The summed E-state index contributed by atoms with van der Waals surface area (Å²) in [6, 6.07) is 0. The van der Waals surface area contributed by atoms with Crippen molar-refractivity contribution in [2.75, 3.05) is 6.61 Å². The van der Waals surface area contributed by atoms with Crippen LogP contribution in [0.3, 0.4) is 0 Å². The van der Waals surface area contributed by atoms with Gasteiger partial charge in [-0.3, -0.25) is 0 Å². The minimum atomic E-state index is -4.13. The summed E-state index contributed by atoms with van der Waals surface area (Å²) in [6.45, 7) is 5.00. The summed E-state index contributed by atoms with van der Waals surface area (Å²) in [7, 11) is 0.653. The van der Waals surface area contributed by atoms with Crippen LogP contribution in [0.5, 0.6) is 0 Å². The number of hydrogen-bond donors (Lipinski definition) is 1. The molecule has 1 rings (SSSR count). The Balaban J connectivity index is 2.44. The maximum Gasteiger partial charge on any atom is 0.421 e. The van der Waals surface area contributed by atoms with Crippen LogP contribution in [0.15, 0.2) is 0 Å². The standard InChI is InChI=1S/C7H12ClNO6S/c1-6(2)7(3,15-14-6)4-13-5(10)9-16(8,11)12/h4H2,1-3H3,(H,9,10)/t7-/m0/s1. The molecule has 16 heavy (non-hydrogen) atoms. The number of carbonyl (C=O) groups is 1. The van der Waals surface area contributed by atoms with Crippen LogP contribution in [-0.2, 0) is 23.7 Å². The molecule has 0 spiro atoms. The van der Waals surface area contributed by atoms with Crippen molar-refractivity contribution in [1.82, 2.24) is 4.72 Å². The van der Waals surface area contributed by atoms with Crippen molar-refractivity contribution in [1.29, 1.82) is 0 Å². The Morgan fingerprint density at radius 1 is 1.38 bits per heavy atom. The fourth-order valence-corrected chi connectivity index (χ4v) is 1.33. The summed E-state index contributed by atoms with van der Waals surface area (Å²) < 4.78 is 27.0. The van der Waals surface area contributed by atoms with Crippen LogP contribution in [0.4, 0.5) is 4.79 Å². The van der Waals surface area contributed by atoms with E-state index in [1.165, 1.54) is 4.72 Å². The number of rotatable bonds is 3. The highest BCUT2D eigenvalue weighted by Crippen LogP contribution is 2.39. The van der Waals surface area contributed by atoms with E-state index >= 15 is 0 Å². The molecule has 1 aliphatic rings. The second-order valence-corrected chi connectivity index (χ2v) is 6.32. The first-order chi connectivity index (χ1) is 7.06. The van der Waals surface area contributed by atoms with Crippen LogP contribution in [0, 0.1) is 0 Å². The van der Waals surface area contributed by atoms with Crippen molar-refractivity contribution in [3.8, 4) is 0 Å². The van der Waals surface area contributed by atoms with Gasteiger partial charge in [0.25, 0.3) is 0 Å². The molecular formula is C7H12ClNO6S. The summed E-state index contributed by atoms with van der Waals surface area (Å²) in [5.41, 5.74) is -1.44. The summed E-state index contributed by atoms with van der Waals surface area (Å²) in [6.07, 6.45) is -1.16. The van der Waals surface area contributed by atoms with Crippen LogP contribution in [0.25, 0.3) is 0 Å². The number of halogens is 1. The monoisotopic (exact) mass is 273 g/mol. The van der Waals surface area contributed by atoms with Gasteiger partial charge >= 0.3 is 15.3 Å². The van der Waals surface area contributed by atoms with E-state index in [4.69, 9.17) is 20.5 Å². The number of nitrogens with one attached hydrogen (secondary N) is 1. The van der Waals surface area contributed by atoms with Crippen molar-refractivity contribution >= 4 is 26.0 Å². The minimum absolute atomic E-state index is 0.155. The minimum Gasteiger partial charge on any atom is -0.446 e. The molecule has 1 saturated heterocycles. The first-order valence-corrected chi connectivity index (χ1v) is 6.63. The Morgan fingerprint density at radius 3 is 2.25 bits per heavy atom. The number of ether oxygens (including phenoxy) is 1. The molecule has 0 aromatic rings. The Morgan fingerprint density at radius 2 is 1.94 bits per heavy atom. The Hall–Kier alpha value is -0.570. The highest BCUT2D eigenvalue weighted by Gasteiger charge is 2.55. The fraction of sp³-hybridized carbons (Fsp3) is 0.857. The molecule has 0 aromatic carbocycles. The van der Waals surface area contributed by atoms with E-state index in [9.17, 15) is 13.2 Å². The van der Waals surface area contributed by atoms with Crippen LogP contribution in [-0.4, -0.2) is 32.3 Å². The lowest BCUT2D eigenvalue weighted by Crippen LogP contribution is -2.64. The van der Waals surface area contributed by atoms with Gasteiger partial charge in [0.05, 0.1) is 0 Å². The topological polar surface area (TPSA) is 90.9 Å². The van der Waals surface area contributed by atoms with Crippen molar-refractivity contribution in [3.05, 3.63) is 0 Å². The van der Waals surface area contributed by atoms with E-state index in [1.54, 1.807) is 20.8 Å². The van der Waals surface area contributed by atoms with Gasteiger partial charge in [-0.25, -0.2) is 19.3 Å². The summed E-state index contributed by atoms with van der Waals surface area (Å²) in [5, 5.41) is 0. The Bertz CT molecular complexity index is 394. The molecule has 1 N–H and O–H groups in total. The average Bonchev–Trinajstić information content (AvgIpc) is 2.09. The van der Waals surface area contributed by atoms with E-state index in [0.717, 1.165) is 0 Å². The molecule has 0 saturated carbocycles. The van der Waals surface area contributed by atoms with Gasteiger partial charge in [-0.05, 0) is 20.8 Å². The first-order valence-electron chi connectivity index (χ1n) is 4.32. The van der Waals surface area contributed by atoms with E-state index < -0.39 is 26.5 Å². The molecule has 1 atom stereocenters. The zero-order chi connectivity index (χ0) is 12.6. The molecule has 94 valence electrons. The van der Waals surface area contributed by atoms with Gasteiger partial charge in [0, 0.05) is 10.7 Å². The Kier molecular flexibility index (Phi) is 3.39. The normalized spacial score (nSPS) is 28.0. The maximum absolute atomic E-state index is 11.0. The molecule has 7 nitrogen and oxygen atoms in total. The zero-order valence-electron chi connectivity index (χ0n) is 8.94. The molecular weight excluding hydrogens is 262 g/mol. The third-order valence-electron chi connectivity index (χ3n) is 2.39. The van der Waals surface area contributed by atoms with Crippen molar-refractivity contribution in [2.24, 2.45) is 0 Å². The molecule has 0 bridgehead atoms. The van der Waals surface area contributed by atoms with Crippen molar-refractivity contribution in [3.63, 3.8) is 0 Å². The largest absolute Gasteiger partial charge is 0.446 e. The second-order valence-electron chi connectivity index (χ2n) is 4.02. The zero-order valence-corrected chi connectivity index (χ0v) is 10.5. The van der Waals surface area contributed by atoms with Crippen LogP contribution < -0.4 is 4.72 Å². The van der Waals surface area contributed by atoms with Gasteiger partial charge in [0.2, 0.25) is 0 Å². The third kappa shape index (κ3) is 2.97. The predicted octanol–water partition coefficient (Wildman–Crippen LogP) is 0.695. The van der Waals surface area contributed by atoms with Crippen LogP contribution >= 0.6 is 10.7 Å². The highest BCUT2D eigenvalue weighted by atomic mass is 35.7. The molecule has 0 aliphatic carbocycles. The SMILES string of the molecule is CC1(C)OO[C@@]1(C)COC(=O)NS(=O)(=O)Cl. The van der Waals surface area contributed by atoms with Gasteiger partial charge in [-0.15, -0.1) is 0 Å². The third-order valence-corrected chi connectivity index (χ3v) is 3.03. The van der Waals surface area contributed by atoms with Gasteiger partial charge in [-0.2, -0.15) is 8.42 Å². The molecule has 9 heteroatoms. The molecule has 0 unspecified atom stereocenters. The second kappa shape index (κ2) is 4.02. The molecule has 1 aliphatic heterocycles. The quantitative estimate of drug-likeness (QED) is 0.601. The Labute approximate surface area is 97.5 Å². The predicted molar refractivity (Wildman–Crippen MR) is 53.9 cm³/mol. The van der Waals surface area contributed by atoms with Gasteiger partial charge in [0.15, 0.2) is 5.60 Å². The molecule has 1 amide bonds. The van der Waals surface area contributed by atoms with Gasteiger partial charge in [0.1, 0.15) is 12.2 Å². The number of carbonyl (C=O) groups excluding carboxylic acids is 1. The van der Waals surface area contributed by atoms with E-state index in [0.29, 0.717) is 0 Å². The van der Waals surface area contributed by atoms with E-state index in [1.807, 2.05) is 0 Å². The van der Waals surface area contributed by atoms with Gasteiger partial charge < -0.3 is 4.74 Å². The van der Waals surface area contributed by atoms with Crippen LogP contribution in [0.2, 0.25) is 0 Å². The smallest absolute Gasteiger partial charge is 0.421 e. The van der Waals surface area contributed by atoms with E-state index in [-0.39, 0.29) is 6.61 Å². The molecule has 0 aromatic heterocycles. The molecule has 0 radical (unpaired) electrons. The summed E-state index contributed by atoms with van der Waals surface area (Å²) in [5.74, 6) is 0. The van der Waals surface area contributed by atoms with Gasteiger partial charge in [-0.1, -0.05) is 0 Å². The fourth-order valence-electron chi connectivity index (χ4n) is 0.881. The van der Waals surface area contributed by atoms with Crippen molar-refractivity contribution in [2.45, 2.75) is 32.0 Å². The van der Waals surface area contributed by atoms with Crippen LogP contribution in [0.1, 0.15) is 20.8 Å². The van der Waals surface area contributed by atoms with E-state index in [2.05, 4.69) is 4.74 Å².